The van der Waals surface area contributed by atoms with Gasteiger partial charge >= 0.3 is 0 Å². The van der Waals surface area contributed by atoms with Crippen LogP contribution in [0.5, 0.6) is 0 Å². The SMILES string of the molecule is Cc1cccc(N2CCN(C(=O)CCCn3sc4ccccc4c3=O)CC2)c1C. The minimum Gasteiger partial charge on any atom is -0.368 e. The topological polar surface area (TPSA) is 45.5 Å². The van der Waals surface area contributed by atoms with Crippen molar-refractivity contribution in [3.05, 3.63) is 63.9 Å². The summed E-state index contributed by atoms with van der Waals surface area (Å²) in [4.78, 5) is 29.4. The van der Waals surface area contributed by atoms with E-state index in [1.807, 2.05) is 29.2 Å². The molecule has 152 valence electrons. The van der Waals surface area contributed by atoms with Crippen molar-refractivity contribution >= 4 is 33.2 Å². The van der Waals surface area contributed by atoms with Crippen LogP contribution in [0, 0.1) is 13.8 Å². The Hall–Kier alpha value is -2.60. The maximum Gasteiger partial charge on any atom is 0.268 e. The molecule has 2 heterocycles. The number of carbonyl (C=O) groups excluding carboxylic acids is 1. The van der Waals surface area contributed by atoms with Crippen molar-refractivity contribution < 1.29 is 4.79 Å². The molecule has 6 heteroatoms. The van der Waals surface area contributed by atoms with Gasteiger partial charge in [0.1, 0.15) is 0 Å². The second-order valence-corrected chi connectivity index (χ2v) is 8.75. The van der Waals surface area contributed by atoms with Gasteiger partial charge in [-0.3, -0.25) is 13.5 Å². The fourth-order valence-electron chi connectivity index (χ4n) is 3.97. The molecule has 29 heavy (non-hydrogen) atoms. The summed E-state index contributed by atoms with van der Waals surface area (Å²) >= 11 is 1.48. The normalized spacial score (nSPS) is 14.6. The minimum absolute atomic E-state index is 0.0557. The highest BCUT2D eigenvalue weighted by Crippen LogP contribution is 2.24. The van der Waals surface area contributed by atoms with Crippen LogP contribution in [-0.2, 0) is 11.3 Å². The van der Waals surface area contributed by atoms with Crippen LogP contribution in [0.15, 0.2) is 47.3 Å². The first kappa shape index (κ1) is 19.7. The Labute approximate surface area is 175 Å². The second kappa shape index (κ2) is 8.41. The molecule has 3 aromatic rings. The first-order chi connectivity index (χ1) is 14.0. The minimum atomic E-state index is 0.0557. The third kappa shape index (κ3) is 4.08. The Morgan fingerprint density at radius 2 is 1.76 bits per heavy atom. The fraction of sp³-hybridized carbons (Fsp3) is 0.391. The number of hydrogen-bond acceptors (Lipinski definition) is 4. The average molecular weight is 410 g/mol. The molecule has 1 saturated heterocycles. The number of aryl methyl sites for hydroxylation is 2. The van der Waals surface area contributed by atoms with Crippen LogP contribution in [0.4, 0.5) is 5.69 Å². The smallest absolute Gasteiger partial charge is 0.268 e. The predicted molar refractivity (Wildman–Crippen MR) is 120 cm³/mol. The van der Waals surface area contributed by atoms with Crippen LogP contribution < -0.4 is 10.5 Å². The van der Waals surface area contributed by atoms with Gasteiger partial charge in [-0.2, -0.15) is 0 Å². The Balaban J connectivity index is 1.29. The van der Waals surface area contributed by atoms with Crippen LogP contribution in [-0.4, -0.2) is 40.9 Å². The number of piperazine rings is 1. The lowest BCUT2D eigenvalue weighted by molar-refractivity contribution is -0.131. The van der Waals surface area contributed by atoms with Crippen molar-refractivity contribution in [2.75, 3.05) is 31.1 Å². The maximum atomic E-state index is 12.6. The fourth-order valence-corrected chi connectivity index (χ4v) is 5.00. The van der Waals surface area contributed by atoms with Gasteiger partial charge < -0.3 is 9.80 Å². The number of rotatable bonds is 5. The van der Waals surface area contributed by atoms with Gasteiger partial charge in [-0.1, -0.05) is 35.8 Å². The Morgan fingerprint density at radius 1 is 1.00 bits per heavy atom. The van der Waals surface area contributed by atoms with E-state index in [0.29, 0.717) is 19.4 Å². The molecule has 1 aliphatic rings. The third-order valence-electron chi connectivity index (χ3n) is 5.85. The second-order valence-electron chi connectivity index (χ2n) is 7.69. The van der Waals surface area contributed by atoms with Gasteiger partial charge in [0.25, 0.3) is 5.56 Å². The van der Waals surface area contributed by atoms with Crippen molar-refractivity contribution in [2.24, 2.45) is 0 Å². The van der Waals surface area contributed by atoms with Gasteiger partial charge in [0.15, 0.2) is 0 Å². The maximum absolute atomic E-state index is 12.6. The molecule has 1 fully saturated rings. The highest BCUT2D eigenvalue weighted by atomic mass is 32.1. The average Bonchev–Trinajstić information content (AvgIpc) is 3.06. The number of fused-ring (bicyclic) bond motifs is 1. The molecule has 1 aromatic heterocycles. The van der Waals surface area contributed by atoms with Crippen LogP contribution in [0.2, 0.25) is 0 Å². The van der Waals surface area contributed by atoms with Gasteiger partial charge in [-0.15, -0.1) is 0 Å². The van der Waals surface area contributed by atoms with Gasteiger partial charge in [0, 0.05) is 44.8 Å². The lowest BCUT2D eigenvalue weighted by atomic mass is 10.1. The van der Waals surface area contributed by atoms with E-state index in [1.54, 1.807) is 3.96 Å². The van der Waals surface area contributed by atoms with E-state index < -0.39 is 0 Å². The first-order valence-corrected chi connectivity index (χ1v) is 11.0. The van der Waals surface area contributed by atoms with Crippen LogP contribution in [0.1, 0.15) is 24.0 Å². The molecule has 2 aromatic carbocycles. The lowest BCUT2D eigenvalue weighted by Gasteiger charge is -2.37. The summed E-state index contributed by atoms with van der Waals surface area (Å²) in [6.07, 6.45) is 1.19. The molecule has 5 nitrogen and oxygen atoms in total. The molecule has 0 radical (unpaired) electrons. The summed E-state index contributed by atoms with van der Waals surface area (Å²) in [5.41, 5.74) is 3.96. The van der Waals surface area contributed by atoms with Gasteiger partial charge in [0.05, 0.1) is 10.1 Å². The molecule has 0 spiro atoms. The molecule has 4 rings (SSSR count). The first-order valence-electron chi connectivity index (χ1n) is 10.2. The van der Waals surface area contributed by atoms with E-state index in [0.717, 1.165) is 36.3 Å². The summed E-state index contributed by atoms with van der Waals surface area (Å²) < 4.78 is 2.78. The van der Waals surface area contributed by atoms with E-state index in [2.05, 4.69) is 36.9 Å². The quantitative estimate of drug-likeness (QED) is 0.644. The zero-order chi connectivity index (χ0) is 20.4. The van der Waals surface area contributed by atoms with E-state index in [-0.39, 0.29) is 11.5 Å². The summed E-state index contributed by atoms with van der Waals surface area (Å²) in [5.74, 6) is 0.194. The van der Waals surface area contributed by atoms with Crippen LogP contribution in [0.25, 0.3) is 10.1 Å². The highest BCUT2D eigenvalue weighted by molar-refractivity contribution is 7.13. The molecule has 0 N–H and O–H groups in total. The third-order valence-corrected chi connectivity index (χ3v) is 6.97. The largest absolute Gasteiger partial charge is 0.368 e. The van der Waals surface area contributed by atoms with Crippen molar-refractivity contribution in [1.82, 2.24) is 8.86 Å². The van der Waals surface area contributed by atoms with Crippen LogP contribution >= 0.6 is 11.5 Å². The molecule has 0 aliphatic carbocycles. The monoisotopic (exact) mass is 409 g/mol. The highest BCUT2D eigenvalue weighted by Gasteiger charge is 2.22. The molecule has 1 amide bonds. The Kier molecular flexibility index (Phi) is 5.72. The number of aromatic nitrogens is 1. The Bertz CT molecular complexity index is 1080. The zero-order valence-electron chi connectivity index (χ0n) is 17.1. The number of hydrogen-bond donors (Lipinski definition) is 0. The number of nitrogens with zero attached hydrogens (tertiary/aromatic N) is 3. The summed E-state index contributed by atoms with van der Waals surface area (Å²) in [5, 5.41) is 0.770. The number of anilines is 1. The molecule has 1 aliphatic heterocycles. The number of carbonyl (C=O) groups is 1. The number of benzene rings is 2. The van der Waals surface area contributed by atoms with E-state index in [4.69, 9.17) is 0 Å². The van der Waals surface area contributed by atoms with E-state index in [1.165, 1.54) is 28.3 Å². The van der Waals surface area contributed by atoms with Crippen molar-refractivity contribution in [1.29, 1.82) is 0 Å². The summed E-state index contributed by atoms with van der Waals surface area (Å²) in [7, 11) is 0. The standard InChI is InChI=1S/C23H27N3O2S/c1-17-7-5-9-20(18(17)2)24-13-15-25(16-14-24)22(27)11-6-12-26-23(28)19-8-3-4-10-21(19)29-26/h3-5,7-10H,6,11-16H2,1-2H3. The van der Waals surface area contributed by atoms with Crippen molar-refractivity contribution in [3.63, 3.8) is 0 Å². The molecular formula is C23H27N3O2S. The Morgan fingerprint density at radius 3 is 2.52 bits per heavy atom. The van der Waals surface area contributed by atoms with E-state index in [9.17, 15) is 9.59 Å². The molecule has 0 saturated carbocycles. The molecule has 0 bridgehead atoms. The van der Waals surface area contributed by atoms with Crippen molar-refractivity contribution in [2.45, 2.75) is 33.2 Å². The van der Waals surface area contributed by atoms with Gasteiger partial charge in [-0.05, 0) is 49.6 Å². The van der Waals surface area contributed by atoms with Gasteiger partial charge in [0.2, 0.25) is 5.91 Å². The van der Waals surface area contributed by atoms with Crippen molar-refractivity contribution in [3.8, 4) is 0 Å². The molecule has 0 unspecified atom stereocenters. The van der Waals surface area contributed by atoms with E-state index >= 15 is 0 Å². The molecule has 0 atom stereocenters. The number of amides is 1. The summed E-state index contributed by atoms with van der Waals surface area (Å²) in [6.45, 7) is 8.16. The van der Waals surface area contributed by atoms with Crippen LogP contribution in [0.3, 0.4) is 0 Å². The zero-order valence-corrected chi connectivity index (χ0v) is 17.9. The summed E-state index contributed by atoms with van der Waals surface area (Å²) in [6, 6.07) is 14.1. The lowest BCUT2D eigenvalue weighted by Crippen LogP contribution is -2.49. The molecular weight excluding hydrogens is 382 g/mol. The van der Waals surface area contributed by atoms with Gasteiger partial charge in [-0.25, -0.2) is 0 Å². The predicted octanol–water partition coefficient (Wildman–Crippen LogP) is 3.81.